The van der Waals surface area contributed by atoms with Gasteiger partial charge in [0.15, 0.2) is 0 Å². The fraction of sp³-hybridized carbons (Fsp3) is 0.300. The van der Waals surface area contributed by atoms with Gasteiger partial charge in [-0.25, -0.2) is 10.4 Å². The normalized spacial score (nSPS) is 16.7. The maximum Gasteiger partial charge on any atom is 0.218 e. The van der Waals surface area contributed by atoms with Crippen LogP contribution in [0.1, 0.15) is 6.42 Å². The minimum absolute atomic E-state index is 0.920. The van der Waals surface area contributed by atoms with Gasteiger partial charge in [-0.3, -0.25) is 5.01 Å². The van der Waals surface area contributed by atoms with Gasteiger partial charge in [0.25, 0.3) is 0 Å². The van der Waals surface area contributed by atoms with Crippen molar-refractivity contribution in [1.29, 1.82) is 0 Å². The standard InChI is InChI=1S/C10H12N4/c1-2-5-9-8(4-1)12-10(13-9)14-7-3-6-11-14/h1-2,4-5,11H,3,6-7H2,(H,12,13). The van der Waals surface area contributed by atoms with E-state index in [1.54, 1.807) is 0 Å². The van der Waals surface area contributed by atoms with E-state index in [2.05, 4.69) is 20.4 Å². The summed E-state index contributed by atoms with van der Waals surface area (Å²) in [7, 11) is 0. The van der Waals surface area contributed by atoms with Crippen LogP contribution in [0, 0.1) is 0 Å². The van der Waals surface area contributed by atoms with Crippen molar-refractivity contribution < 1.29 is 0 Å². The average molecular weight is 188 g/mol. The first kappa shape index (κ1) is 7.82. The van der Waals surface area contributed by atoms with Crippen LogP contribution < -0.4 is 10.4 Å². The van der Waals surface area contributed by atoms with Crippen molar-refractivity contribution in [2.24, 2.45) is 0 Å². The van der Waals surface area contributed by atoms with Gasteiger partial charge >= 0.3 is 0 Å². The minimum Gasteiger partial charge on any atom is -0.323 e. The maximum absolute atomic E-state index is 4.50. The number of anilines is 1. The second-order valence-electron chi connectivity index (χ2n) is 3.49. The van der Waals surface area contributed by atoms with Gasteiger partial charge in [0.2, 0.25) is 5.95 Å². The lowest BCUT2D eigenvalue weighted by Crippen LogP contribution is -2.31. The Morgan fingerprint density at radius 2 is 2.21 bits per heavy atom. The first-order valence-corrected chi connectivity index (χ1v) is 4.89. The average Bonchev–Trinajstić information content (AvgIpc) is 2.86. The number of fused-ring (bicyclic) bond motifs is 1. The molecule has 0 radical (unpaired) electrons. The van der Waals surface area contributed by atoms with Crippen LogP contribution in [-0.4, -0.2) is 23.1 Å². The van der Waals surface area contributed by atoms with E-state index in [4.69, 9.17) is 0 Å². The topological polar surface area (TPSA) is 44.0 Å². The molecule has 1 aliphatic heterocycles. The number of aromatic nitrogens is 2. The van der Waals surface area contributed by atoms with Crippen molar-refractivity contribution in [1.82, 2.24) is 15.4 Å². The molecule has 2 N–H and O–H groups in total. The van der Waals surface area contributed by atoms with Gasteiger partial charge in [-0.05, 0) is 18.6 Å². The van der Waals surface area contributed by atoms with E-state index in [0.29, 0.717) is 0 Å². The summed E-state index contributed by atoms with van der Waals surface area (Å²) in [6, 6.07) is 8.08. The summed E-state index contributed by atoms with van der Waals surface area (Å²) in [5, 5.41) is 2.07. The molecule has 1 aromatic carbocycles. The van der Waals surface area contributed by atoms with Crippen molar-refractivity contribution in [3.05, 3.63) is 24.3 Å². The zero-order valence-electron chi connectivity index (χ0n) is 7.83. The fourth-order valence-corrected chi connectivity index (χ4v) is 1.78. The van der Waals surface area contributed by atoms with E-state index in [1.807, 2.05) is 24.3 Å². The maximum atomic E-state index is 4.50. The third-order valence-electron chi connectivity index (χ3n) is 2.49. The molecule has 0 saturated carbocycles. The lowest BCUT2D eigenvalue weighted by atomic mass is 10.3. The Morgan fingerprint density at radius 3 is 3.00 bits per heavy atom. The van der Waals surface area contributed by atoms with Crippen LogP contribution in [0.4, 0.5) is 5.95 Å². The van der Waals surface area contributed by atoms with Crippen molar-refractivity contribution in [2.45, 2.75) is 6.42 Å². The molecule has 1 aliphatic rings. The summed E-state index contributed by atoms with van der Waals surface area (Å²) in [6.45, 7) is 2.07. The number of hydrazine groups is 1. The molecular weight excluding hydrogens is 176 g/mol. The predicted molar refractivity (Wildman–Crippen MR) is 56.1 cm³/mol. The highest BCUT2D eigenvalue weighted by Crippen LogP contribution is 2.17. The highest BCUT2D eigenvalue weighted by atomic mass is 15.6. The molecule has 14 heavy (non-hydrogen) atoms. The summed E-state index contributed by atoms with van der Waals surface area (Å²) in [5.41, 5.74) is 5.39. The molecule has 3 rings (SSSR count). The molecule has 0 aliphatic carbocycles. The highest BCUT2D eigenvalue weighted by Gasteiger charge is 2.14. The van der Waals surface area contributed by atoms with Gasteiger partial charge in [-0.2, -0.15) is 0 Å². The van der Waals surface area contributed by atoms with Crippen LogP contribution in [0.3, 0.4) is 0 Å². The Balaban J connectivity index is 2.05. The highest BCUT2D eigenvalue weighted by molar-refractivity contribution is 5.77. The van der Waals surface area contributed by atoms with E-state index < -0.39 is 0 Å². The fourth-order valence-electron chi connectivity index (χ4n) is 1.78. The number of hydrogen-bond donors (Lipinski definition) is 2. The molecule has 1 saturated heterocycles. The second kappa shape index (κ2) is 2.99. The van der Waals surface area contributed by atoms with Crippen LogP contribution in [0.2, 0.25) is 0 Å². The first-order valence-electron chi connectivity index (χ1n) is 4.89. The van der Waals surface area contributed by atoms with Crippen LogP contribution in [0.15, 0.2) is 24.3 Å². The van der Waals surface area contributed by atoms with E-state index in [9.17, 15) is 0 Å². The molecule has 0 amide bonds. The largest absolute Gasteiger partial charge is 0.323 e. The van der Waals surface area contributed by atoms with Gasteiger partial charge in [0, 0.05) is 13.1 Å². The van der Waals surface area contributed by atoms with Crippen molar-refractivity contribution in [3.63, 3.8) is 0 Å². The molecular formula is C10H12N4. The van der Waals surface area contributed by atoms with E-state index in [0.717, 1.165) is 30.1 Å². The van der Waals surface area contributed by atoms with Crippen LogP contribution in [0.5, 0.6) is 0 Å². The molecule has 0 spiro atoms. The van der Waals surface area contributed by atoms with E-state index in [-0.39, 0.29) is 0 Å². The Bertz CT molecular complexity index is 409. The first-order chi connectivity index (χ1) is 6.93. The quantitative estimate of drug-likeness (QED) is 0.708. The number of rotatable bonds is 1. The molecule has 72 valence electrons. The minimum atomic E-state index is 0.920. The number of nitrogens with one attached hydrogen (secondary N) is 2. The Labute approximate surface area is 81.9 Å². The summed E-state index contributed by atoms with van der Waals surface area (Å²) in [5.74, 6) is 0.920. The van der Waals surface area contributed by atoms with Gasteiger partial charge in [0.05, 0.1) is 11.0 Å². The lowest BCUT2D eigenvalue weighted by molar-refractivity contribution is 0.765. The molecule has 0 atom stereocenters. The number of hydrogen-bond acceptors (Lipinski definition) is 3. The SMILES string of the molecule is c1ccc2[nH]c(N3CCCN3)nc2c1. The molecule has 1 aromatic heterocycles. The molecule has 2 heterocycles. The van der Waals surface area contributed by atoms with Crippen molar-refractivity contribution in [2.75, 3.05) is 18.1 Å². The Hall–Kier alpha value is -1.55. The molecule has 4 heteroatoms. The Morgan fingerprint density at radius 1 is 1.29 bits per heavy atom. The van der Waals surface area contributed by atoms with E-state index in [1.165, 1.54) is 6.42 Å². The molecule has 0 unspecified atom stereocenters. The van der Waals surface area contributed by atoms with Crippen LogP contribution in [0.25, 0.3) is 11.0 Å². The zero-order chi connectivity index (χ0) is 9.38. The third-order valence-corrected chi connectivity index (χ3v) is 2.49. The van der Waals surface area contributed by atoms with Crippen LogP contribution >= 0.6 is 0 Å². The van der Waals surface area contributed by atoms with Crippen molar-refractivity contribution >= 4 is 17.0 Å². The Kier molecular flexibility index (Phi) is 1.67. The molecule has 1 fully saturated rings. The molecule has 0 bridgehead atoms. The molecule has 4 nitrogen and oxygen atoms in total. The smallest absolute Gasteiger partial charge is 0.218 e. The van der Waals surface area contributed by atoms with Crippen molar-refractivity contribution in [3.8, 4) is 0 Å². The van der Waals surface area contributed by atoms with Crippen LogP contribution in [-0.2, 0) is 0 Å². The number of benzene rings is 1. The number of aromatic amines is 1. The monoisotopic (exact) mass is 188 g/mol. The summed E-state index contributed by atoms with van der Waals surface area (Å²) in [6.07, 6.45) is 1.18. The van der Waals surface area contributed by atoms with E-state index >= 15 is 0 Å². The third kappa shape index (κ3) is 1.15. The van der Waals surface area contributed by atoms with Gasteiger partial charge < -0.3 is 4.98 Å². The number of imidazole rings is 1. The number of H-pyrrole nitrogens is 1. The van der Waals surface area contributed by atoms with Gasteiger partial charge in [-0.15, -0.1) is 0 Å². The second-order valence-corrected chi connectivity index (χ2v) is 3.49. The summed E-state index contributed by atoms with van der Waals surface area (Å²) < 4.78 is 0. The van der Waals surface area contributed by atoms with Gasteiger partial charge in [-0.1, -0.05) is 12.1 Å². The summed E-state index contributed by atoms with van der Waals surface area (Å²) in [4.78, 5) is 7.79. The number of nitrogens with zero attached hydrogens (tertiary/aromatic N) is 2. The van der Waals surface area contributed by atoms with Gasteiger partial charge in [0.1, 0.15) is 0 Å². The number of para-hydroxylation sites is 2. The zero-order valence-corrected chi connectivity index (χ0v) is 7.83. The lowest BCUT2D eigenvalue weighted by Gasteiger charge is -2.12. The predicted octanol–water partition coefficient (Wildman–Crippen LogP) is 1.28. The summed E-state index contributed by atoms with van der Waals surface area (Å²) >= 11 is 0. The molecule has 2 aromatic rings.